The molecule has 46 heavy (non-hydrogen) atoms. The normalized spacial score (nSPS) is 11.7. The van der Waals surface area contributed by atoms with Crippen molar-refractivity contribution in [1.29, 1.82) is 0 Å². The van der Waals surface area contributed by atoms with Crippen LogP contribution in [0.15, 0.2) is 0 Å². The third kappa shape index (κ3) is 40.1. The summed E-state index contributed by atoms with van der Waals surface area (Å²) < 4.78 is 18.3. The monoisotopic (exact) mass is 653 g/mol. The predicted octanol–water partition coefficient (Wildman–Crippen LogP) is 15.4. The van der Waals surface area contributed by atoms with Crippen LogP contribution in [0.3, 0.4) is 0 Å². The summed E-state index contributed by atoms with van der Waals surface area (Å²) in [5.74, 6) is 0. The number of unbranched alkanes of at least 4 members (excludes halogenated alkanes) is 33. The Morgan fingerprint density at radius 1 is 0.217 bits per heavy atom. The Labute approximate surface area is 291 Å². The van der Waals surface area contributed by atoms with Gasteiger partial charge < -0.3 is 14.2 Å². The van der Waals surface area contributed by atoms with Gasteiger partial charge in [-0.2, -0.15) is 0 Å². The van der Waals surface area contributed by atoms with E-state index in [1.807, 2.05) is 0 Å². The average Bonchev–Trinajstić information content (AvgIpc) is 3.07. The predicted molar refractivity (Wildman–Crippen MR) is 205 cm³/mol. The summed E-state index contributed by atoms with van der Waals surface area (Å²) in [6.45, 7) is 8.72. The lowest BCUT2D eigenvalue weighted by Gasteiger charge is -2.19. The Balaban J connectivity index is 3.91. The minimum Gasteiger partial charge on any atom is -0.330 e. The second-order valence-electron chi connectivity index (χ2n) is 14.6. The third-order valence-electron chi connectivity index (χ3n) is 9.76. The summed E-state index contributed by atoms with van der Waals surface area (Å²) in [5.41, 5.74) is 0. The molecule has 0 spiro atoms. The van der Waals surface area contributed by atoms with E-state index in [0.29, 0.717) is 0 Å². The summed E-state index contributed by atoms with van der Waals surface area (Å²) in [6, 6.07) is 0. The Morgan fingerprint density at radius 3 is 0.543 bits per heavy atom. The standard InChI is InChI=1S/C43H88O3/c1-4-7-10-13-16-19-22-25-28-31-34-37-40-44-43(45-41-38-35-32-29-26-23-20-17-14-11-8-5-2)46-42-39-36-33-30-27-24-21-18-15-12-9-6-3/h43H,4-42H2,1-3H3. The zero-order valence-corrected chi connectivity index (χ0v) is 32.4. The van der Waals surface area contributed by atoms with Crippen LogP contribution in [0.2, 0.25) is 0 Å². The van der Waals surface area contributed by atoms with Crippen LogP contribution in [0.1, 0.15) is 252 Å². The maximum absolute atomic E-state index is 6.10. The Kier molecular flexibility index (Phi) is 42.8. The molecule has 0 heterocycles. The van der Waals surface area contributed by atoms with Gasteiger partial charge in [0.25, 0.3) is 6.48 Å². The van der Waals surface area contributed by atoms with Gasteiger partial charge in [-0.15, -0.1) is 0 Å². The molecule has 0 atom stereocenters. The molecule has 0 unspecified atom stereocenters. The van der Waals surface area contributed by atoms with Gasteiger partial charge in [-0.3, -0.25) is 0 Å². The van der Waals surface area contributed by atoms with Gasteiger partial charge in [-0.1, -0.05) is 233 Å². The molecule has 0 fully saturated rings. The highest BCUT2D eigenvalue weighted by atomic mass is 16.8. The van der Waals surface area contributed by atoms with Crippen molar-refractivity contribution < 1.29 is 14.2 Å². The van der Waals surface area contributed by atoms with Crippen molar-refractivity contribution in [2.75, 3.05) is 19.8 Å². The van der Waals surface area contributed by atoms with Crippen LogP contribution >= 0.6 is 0 Å². The molecule has 0 saturated heterocycles. The van der Waals surface area contributed by atoms with Gasteiger partial charge in [-0.25, -0.2) is 0 Å². The zero-order chi connectivity index (χ0) is 33.3. The minimum absolute atomic E-state index is 0.465. The molecular weight excluding hydrogens is 564 g/mol. The highest BCUT2D eigenvalue weighted by Gasteiger charge is 2.10. The molecule has 0 aliphatic heterocycles. The molecule has 0 saturated carbocycles. The van der Waals surface area contributed by atoms with Crippen molar-refractivity contribution in [2.45, 2.75) is 258 Å². The Morgan fingerprint density at radius 2 is 0.370 bits per heavy atom. The van der Waals surface area contributed by atoms with Crippen molar-refractivity contribution in [3.63, 3.8) is 0 Å². The van der Waals surface area contributed by atoms with Crippen LogP contribution in [0, 0.1) is 0 Å². The molecule has 0 aromatic carbocycles. The van der Waals surface area contributed by atoms with Gasteiger partial charge in [0, 0.05) is 0 Å². The molecule has 278 valence electrons. The lowest BCUT2D eigenvalue weighted by molar-refractivity contribution is -0.288. The first-order valence-electron chi connectivity index (χ1n) is 21.7. The molecule has 3 heteroatoms. The van der Waals surface area contributed by atoms with Crippen molar-refractivity contribution in [3.8, 4) is 0 Å². The van der Waals surface area contributed by atoms with Crippen LogP contribution < -0.4 is 0 Å². The van der Waals surface area contributed by atoms with Crippen LogP contribution in [-0.4, -0.2) is 26.3 Å². The average molecular weight is 653 g/mol. The molecule has 0 rings (SSSR count). The summed E-state index contributed by atoms with van der Waals surface area (Å²) >= 11 is 0. The van der Waals surface area contributed by atoms with E-state index in [9.17, 15) is 0 Å². The van der Waals surface area contributed by atoms with Crippen LogP contribution in [0.4, 0.5) is 0 Å². The van der Waals surface area contributed by atoms with Gasteiger partial charge in [0.05, 0.1) is 19.8 Å². The van der Waals surface area contributed by atoms with Gasteiger partial charge in [0.15, 0.2) is 0 Å². The largest absolute Gasteiger partial charge is 0.330 e. The van der Waals surface area contributed by atoms with E-state index in [0.717, 1.165) is 39.1 Å². The first-order chi connectivity index (χ1) is 22.8. The lowest BCUT2D eigenvalue weighted by Crippen LogP contribution is -2.23. The van der Waals surface area contributed by atoms with E-state index in [4.69, 9.17) is 14.2 Å². The summed E-state index contributed by atoms with van der Waals surface area (Å²) in [7, 11) is 0. The first-order valence-corrected chi connectivity index (χ1v) is 21.7. The van der Waals surface area contributed by atoms with Gasteiger partial charge in [0.1, 0.15) is 0 Å². The smallest absolute Gasteiger partial charge is 0.271 e. The molecule has 0 radical (unpaired) electrons. The molecule has 0 aromatic rings. The molecule has 0 aliphatic rings. The highest BCUT2D eigenvalue weighted by molar-refractivity contribution is 4.52. The summed E-state index contributed by atoms with van der Waals surface area (Å²) in [6.07, 6.45) is 49.3. The fourth-order valence-electron chi connectivity index (χ4n) is 6.51. The quantitative estimate of drug-likeness (QED) is 0.0485. The molecule has 0 aliphatic carbocycles. The molecule has 3 nitrogen and oxygen atoms in total. The summed E-state index contributed by atoms with van der Waals surface area (Å²) in [4.78, 5) is 0. The van der Waals surface area contributed by atoms with E-state index >= 15 is 0 Å². The van der Waals surface area contributed by atoms with E-state index in [2.05, 4.69) is 20.8 Å². The first kappa shape index (κ1) is 45.9. The van der Waals surface area contributed by atoms with E-state index in [1.165, 1.54) is 212 Å². The van der Waals surface area contributed by atoms with Crippen molar-refractivity contribution in [1.82, 2.24) is 0 Å². The highest BCUT2D eigenvalue weighted by Crippen LogP contribution is 2.15. The van der Waals surface area contributed by atoms with Gasteiger partial charge in [0.2, 0.25) is 0 Å². The van der Waals surface area contributed by atoms with Crippen LogP contribution in [-0.2, 0) is 14.2 Å². The fraction of sp³-hybridized carbons (Fsp3) is 1.00. The van der Waals surface area contributed by atoms with Gasteiger partial charge in [-0.05, 0) is 19.3 Å². The van der Waals surface area contributed by atoms with E-state index in [-0.39, 0.29) is 0 Å². The SMILES string of the molecule is CCCCCCCCCCCCCCOC(OCCCCCCCCCCCCCC)OCCCCCCCCCCCCCC. The van der Waals surface area contributed by atoms with Crippen LogP contribution in [0.25, 0.3) is 0 Å². The van der Waals surface area contributed by atoms with Crippen molar-refractivity contribution >= 4 is 0 Å². The third-order valence-corrected chi connectivity index (χ3v) is 9.76. The second kappa shape index (κ2) is 42.9. The summed E-state index contributed by atoms with van der Waals surface area (Å²) in [5, 5.41) is 0. The number of hydrogen-bond donors (Lipinski definition) is 0. The van der Waals surface area contributed by atoms with E-state index in [1.54, 1.807) is 0 Å². The molecule has 0 amide bonds. The van der Waals surface area contributed by atoms with Gasteiger partial charge >= 0.3 is 0 Å². The minimum atomic E-state index is -0.465. The molecular formula is C43H88O3. The maximum atomic E-state index is 6.10. The number of hydrogen-bond acceptors (Lipinski definition) is 3. The molecule has 0 aromatic heterocycles. The topological polar surface area (TPSA) is 27.7 Å². The van der Waals surface area contributed by atoms with Crippen LogP contribution in [0.5, 0.6) is 0 Å². The fourth-order valence-corrected chi connectivity index (χ4v) is 6.51. The second-order valence-corrected chi connectivity index (χ2v) is 14.6. The molecule has 0 N–H and O–H groups in total. The van der Waals surface area contributed by atoms with Crippen molar-refractivity contribution in [3.05, 3.63) is 0 Å². The Hall–Kier alpha value is -0.120. The Bertz CT molecular complexity index is 439. The maximum Gasteiger partial charge on any atom is 0.271 e. The molecule has 0 bridgehead atoms. The van der Waals surface area contributed by atoms with Crippen molar-refractivity contribution in [2.24, 2.45) is 0 Å². The number of ether oxygens (including phenoxy) is 3. The zero-order valence-electron chi connectivity index (χ0n) is 32.4. The lowest BCUT2D eigenvalue weighted by atomic mass is 10.1. The number of rotatable bonds is 42. The van der Waals surface area contributed by atoms with E-state index < -0.39 is 6.48 Å².